The third-order valence-corrected chi connectivity index (χ3v) is 3.62. The average molecular weight is 342 g/mol. The monoisotopic (exact) mass is 342 g/mol. The van der Waals surface area contributed by atoms with E-state index in [4.69, 9.17) is 9.47 Å². The quantitative estimate of drug-likeness (QED) is 0.758. The fraction of sp³-hybridized carbons (Fsp3) is 0.350. The van der Waals surface area contributed by atoms with Gasteiger partial charge in [0.1, 0.15) is 11.5 Å². The van der Waals surface area contributed by atoms with Gasteiger partial charge in [-0.2, -0.15) is 0 Å². The van der Waals surface area contributed by atoms with Crippen molar-refractivity contribution in [1.29, 1.82) is 0 Å². The summed E-state index contributed by atoms with van der Waals surface area (Å²) in [5, 5.41) is 5.44. The molecule has 0 spiro atoms. The minimum absolute atomic E-state index is 0.0832. The van der Waals surface area contributed by atoms with Gasteiger partial charge >= 0.3 is 6.03 Å². The maximum absolute atomic E-state index is 11.9. The number of anilines is 1. The summed E-state index contributed by atoms with van der Waals surface area (Å²) in [6.07, 6.45) is 0. The first-order chi connectivity index (χ1) is 11.9. The minimum atomic E-state index is -0.311. The Labute approximate surface area is 149 Å². The van der Waals surface area contributed by atoms with Crippen LogP contribution >= 0.6 is 0 Å². The van der Waals surface area contributed by atoms with Crippen LogP contribution in [0.25, 0.3) is 0 Å². The maximum Gasteiger partial charge on any atom is 0.321 e. The maximum atomic E-state index is 11.9. The largest absolute Gasteiger partial charge is 0.494 e. The fourth-order valence-corrected chi connectivity index (χ4v) is 2.21. The molecule has 0 heterocycles. The number of urea groups is 1. The number of nitrogens with one attached hydrogen (secondary N) is 2. The van der Waals surface area contributed by atoms with Crippen LogP contribution in [0.5, 0.6) is 11.5 Å². The molecule has 0 bridgehead atoms. The van der Waals surface area contributed by atoms with Gasteiger partial charge in [-0.1, -0.05) is 32.9 Å². The van der Waals surface area contributed by atoms with Crippen LogP contribution < -0.4 is 20.1 Å². The number of amides is 2. The highest BCUT2D eigenvalue weighted by atomic mass is 16.5. The van der Waals surface area contributed by atoms with Crippen molar-refractivity contribution in [3.63, 3.8) is 0 Å². The van der Waals surface area contributed by atoms with Crippen molar-refractivity contribution in [3.05, 3.63) is 54.1 Å². The van der Waals surface area contributed by atoms with Crippen LogP contribution in [0.15, 0.2) is 48.5 Å². The molecule has 0 fully saturated rings. The van der Waals surface area contributed by atoms with Gasteiger partial charge in [0.25, 0.3) is 0 Å². The second-order valence-electron chi connectivity index (χ2n) is 6.65. The van der Waals surface area contributed by atoms with Gasteiger partial charge in [-0.15, -0.1) is 0 Å². The highest BCUT2D eigenvalue weighted by Gasteiger charge is 2.13. The molecule has 2 aromatic carbocycles. The van der Waals surface area contributed by atoms with Crippen LogP contribution in [0.3, 0.4) is 0 Å². The Morgan fingerprint density at radius 2 is 1.48 bits per heavy atom. The van der Waals surface area contributed by atoms with Crippen molar-refractivity contribution in [2.45, 2.75) is 33.1 Å². The summed E-state index contributed by atoms with van der Waals surface area (Å²) >= 11 is 0. The Kier molecular flexibility index (Phi) is 6.28. The first-order valence-electron chi connectivity index (χ1n) is 8.39. The van der Waals surface area contributed by atoms with E-state index in [1.807, 2.05) is 43.3 Å². The molecule has 0 unspecified atom stereocenters. The normalized spacial score (nSPS) is 10.9. The molecule has 0 saturated carbocycles. The summed E-state index contributed by atoms with van der Waals surface area (Å²) < 4.78 is 10.8. The number of hydrogen-bond acceptors (Lipinski definition) is 3. The van der Waals surface area contributed by atoms with Crippen LogP contribution in [0.1, 0.15) is 33.3 Å². The highest BCUT2D eigenvalue weighted by Crippen LogP contribution is 2.23. The third kappa shape index (κ3) is 6.03. The number of carbonyl (C=O) groups excluding carboxylic acids is 1. The Bertz CT molecular complexity index is 674. The van der Waals surface area contributed by atoms with Gasteiger partial charge in [-0.05, 0) is 54.3 Å². The molecule has 5 heteroatoms. The van der Waals surface area contributed by atoms with E-state index in [2.05, 4.69) is 31.4 Å². The zero-order chi connectivity index (χ0) is 18.3. The molecular formula is C20H26N2O3. The van der Waals surface area contributed by atoms with Gasteiger partial charge in [-0.25, -0.2) is 4.79 Å². The summed E-state index contributed by atoms with van der Waals surface area (Å²) in [6, 6.07) is 14.8. The molecule has 0 aliphatic heterocycles. The smallest absolute Gasteiger partial charge is 0.321 e. The highest BCUT2D eigenvalue weighted by molar-refractivity contribution is 5.89. The molecule has 25 heavy (non-hydrogen) atoms. The van der Waals surface area contributed by atoms with Gasteiger partial charge < -0.3 is 20.1 Å². The van der Waals surface area contributed by atoms with Crippen LogP contribution in [-0.2, 0) is 5.41 Å². The first-order valence-corrected chi connectivity index (χ1v) is 8.39. The van der Waals surface area contributed by atoms with E-state index < -0.39 is 0 Å². The van der Waals surface area contributed by atoms with Gasteiger partial charge in [0.05, 0.1) is 6.61 Å². The summed E-state index contributed by atoms with van der Waals surface area (Å²) in [5.41, 5.74) is 2.05. The Hall–Kier alpha value is -2.69. The van der Waals surface area contributed by atoms with E-state index in [0.29, 0.717) is 12.4 Å². The van der Waals surface area contributed by atoms with Crippen LogP contribution in [-0.4, -0.2) is 19.4 Å². The number of rotatable bonds is 6. The fourth-order valence-electron chi connectivity index (χ4n) is 2.21. The topological polar surface area (TPSA) is 59.6 Å². The molecule has 0 aliphatic rings. The number of carbonyl (C=O) groups is 1. The molecule has 5 nitrogen and oxygen atoms in total. The second-order valence-corrected chi connectivity index (χ2v) is 6.65. The Morgan fingerprint density at radius 3 is 2.00 bits per heavy atom. The lowest BCUT2D eigenvalue weighted by Gasteiger charge is -2.19. The molecule has 134 valence electrons. The minimum Gasteiger partial charge on any atom is -0.494 e. The van der Waals surface area contributed by atoms with E-state index in [-0.39, 0.29) is 18.2 Å². The summed E-state index contributed by atoms with van der Waals surface area (Å²) in [4.78, 5) is 11.9. The van der Waals surface area contributed by atoms with Crippen molar-refractivity contribution in [2.24, 2.45) is 0 Å². The molecule has 2 amide bonds. The van der Waals surface area contributed by atoms with Gasteiger partial charge in [0.15, 0.2) is 6.73 Å². The van der Waals surface area contributed by atoms with E-state index >= 15 is 0 Å². The van der Waals surface area contributed by atoms with Crippen molar-refractivity contribution in [2.75, 3.05) is 18.7 Å². The molecule has 0 aromatic heterocycles. The molecule has 2 N–H and O–H groups in total. The molecule has 2 rings (SSSR count). The first kappa shape index (κ1) is 18.6. The summed E-state index contributed by atoms with van der Waals surface area (Å²) in [6.45, 7) is 9.10. The molecule has 0 aliphatic carbocycles. The van der Waals surface area contributed by atoms with E-state index in [1.165, 1.54) is 5.56 Å². The molecular weight excluding hydrogens is 316 g/mol. The lowest BCUT2D eigenvalue weighted by atomic mass is 9.87. The predicted molar refractivity (Wildman–Crippen MR) is 100 cm³/mol. The molecule has 0 radical (unpaired) electrons. The lowest BCUT2D eigenvalue weighted by Crippen LogP contribution is -2.32. The predicted octanol–water partition coefficient (Wildman–Crippen LogP) is 4.54. The zero-order valence-corrected chi connectivity index (χ0v) is 15.3. The standard InChI is InChI=1S/C20H26N2O3/c1-5-24-17-10-12-18(13-11-17)25-14-21-19(23)22-16-8-6-15(7-9-16)20(2,3)4/h6-13H,5,14H2,1-4H3,(H2,21,22,23). The van der Waals surface area contributed by atoms with Gasteiger partial charge in [0.2, 0.25) is 0 Å². The van der Waals surface area contributed by atoms with E-state index in [1.54, 1.807) is 12.1 Å². The van der Waals surface area contributed by atoms with Crippen molar-refractivity contribution in [1.82, 2.24) is 5.32 Å². The van der Waals surface area contributed by atoms with E-state index in [9.17, 15) is 4.79 Å². The van der Waals surface area contributed by atoms with E-state index in [0.717, 1.165) is 11.4 Å². The summed E-state index contributed by atoms with van der Waals surface area (Å²) in [5.74, 6) is 1.46. The number of benzene rings is 2. The lowest BCUT2D eigenvalue weighted by molar-refractivity contribution is 0.234. The van der Waals surface area contributed by atoms with Crippen LogP contribution in [0.4, 0.5) is 10.5 Å². The summed E-state index contributed by atoms with van der Waals surface area (Å²) in [7, 11) is 0. The number of hydrogen-bond donors (Lipinski definition) is 2. The third-order valence-electron chi connectivity index (χ3n) is 3.62. The average Bonchev–Trinajstić information content (AvgIpc) is 2.56. The van der Waals surface area contributed by atoms with Gasteiger partial charge in [0, 0.05) is 5.69 Å². The Morgan fingerprint density at radius 1 is 0.920 bits per heavy atom. The molecule has 0 atom stereocenters. The van der Waals surface area contributed by atoms with Crippen molar-refractivity contribution >= 4 is 11.7 Å². The Balaban J connectivity index is 1.77. The molecule has 2 aromatic rings. The zero-order valence-electron chi connectivity index (χ0n) is 15.3. The number of ether oxygens (including phenoxy) is 2. The van der Waals surface area contributed by atoms with Crippen molar-refractivity contribution in [3.8, 4) is 11.5 Å². The second kappa shape index (κ2) is 8.42. The van der Waals surface area contributed by atoms with Crippen LogP contribution in [0.2, 0.25) is 0 Å². The van der Waals surface area contributed by atoms with Crippen LogP contribution in [0, 0.1) is 0 Å². The van der Waals surface area contributed by atoms with Crippen molar-refractivity contribution < 1.29 is 14.3 Å². The molecule has 0 saturated heterocycles. The van der Waals surface area contributed by atoms with Gasteiger partial charge in [-0.3, -0.25) is 0 Å². The SMILES string of the molecule is CCOc1ccc(OCNC(=O)Nc2ccc(C(C)(C)C)cc2)cc1.